The standard InChI is InChI=1S/C28H32F6NO10S2.Rf/c1-11(2)35-17-18(20-16(15(21(35)36)19(17)46-20)22(37)42-10-27(33,34)47(39,40)41)45-23(38)24-5-12-3-13(6-24)28(14(4-12)7-24)43-8-25(29,30)26(31,32)9-44-28;/h10-20H,3-9H2,1-2H3,(H,39,40,41);/q-1;/p-1. The van der Waals surface area contributed by atoms with Crippen molar-refractivity contribution >= 4 is 39.7 Å². The van der Waals surface area contributed by atoms with Crippen LogP contribution in [-0.4, -0.2) is 101 Å². The number of hydrogen-bond donors (Lipinski definition) is 0. The van der Waals surface area contributed by atoms with Crippen LogP contribution in [0.1, 0.15) is 46.0 Å². The van der Waals surface area contributed by atoms with Gasteiger partial charge < -0.3 is 28.4 Å². The molecule has 8 rings (SSSR count). The third-order valence-electron chi connectivity index (χ3n) is 11.2. The van der Waals surface area contributed by atoms with Gasteiger partial charge in [0.2, 0.25) is 5.91 Å². The first-order valence-electron chi connectivity index (χ1n) is 15.3. The number of halogens is 6. The molecule has 4 aliphatic carbocycles. The molecule has 0 N–H and O–H groups in total. The second-order valence-electron chi connectivity index (χ2n) is 14.2. The zero-order valence-corrected chi connectivity index (χ0v) is 33.7. The van der Waals surface area contributed by atoms with Crippen LogP contribution in [0.2, 0.25) is 0 Å². The minimum atomic E-state index is -6.20. The van der Waals surface area contributed by atoms with Crippen molar-refractivity contribution in [3.63, 3.8) is 0 Å². The van der Waals surface area contributed by atoms with Gasteiger partial charge in [-0.25, -0.2) is 17.2 Å². The number of amides is 1. The van der Waals surface area contributed by atoms with Gasteiger partial charge in [-0.15, -0.1) is 11.8 Å². The fourth-order valence-corrected chi connectivity index (χ4v) is 11.7. The summed E-state index contributed by atoms with van der Waals surface area (Å²) in [6.07, 6.45) is 0.163. The Morgan fingerprint density at radius 3 is 2.12 bits per heavy atom. The molecule has 0 aromatic carbocycles. The molecule has 11 nitrogen and oxygen atoms in total. The Morgan fingerprint density at radius 1 is 1.04 bits per heavy atom. The number of ether oxygens (including phenoxy) is 4. The molecule has 8 fully saturated rings. The Hall–Kier alpha value is -2.83. The quantitative estimate of drug-likeness (QED) is 0.161. The summed E-state index contributed by atoms with van der Waals surface area (Å²) in [4.78, 5) is 42.3. The molecular weight excluding hydrogens is 955 g/mol. The molecule has 1 amide bonds. The minimum absolute atomic E-state index is 0. The predicted molar refractivity (Wildman–Crippen MR) is 143 cm³/mol. The van der Waals surface area contributed by atoms with Crippen molar-refractivity contribution in [2.75, 3.05) is 13.2 Å². The van der Waals surface area contributed by atoms with E-state index in [1.807, 2.05) is 0 Å². The average molecular weight is 987 g/mol. The van der Waals surface area contributed by atoms with Crippen LogP contribution in [0.3, 0.4) is 0 Å². The van der Waals surface area contributed by atoms with E-state index in [4.69, 9.17) is 14.2 Å². The maximum absolute atomic E-state index is 14.2. The van der Waals surface area contributed by atoms with E-state index in [2.05, 4.69) is 4.74 Å². The zero-order valence-electron chi connectivity index (χ0n) is 25.6. The summed E-state index contributed by atoms with van der Waals surface area (Å²) < 4.78 is 139. The van der Waals surface area contributed by atoms with Crippen molar-refractivity contribution in [1.82, 2.24) is 4.90 Å². The van der Waals surface area contributed by atoms with Gasteiger partial charge in [-0.1, -0.05) is 6.61 Å². The summed E-state index contributed by atoms with van der Waals surface area (Å²) in [5.74, 6) is -17.0. The van der Waals surface area contributed by atoms with E-state index in [1.54, 1.807) is 13.8 Å². The van der Waals surface area contributed by atoms with Gasteiger partial charge in [0.05, 0.1) is 28.5 Å². The first kappa shape index (κ1) is 35.0. The molecule has 4 saturated heterocycles. The van der Waals surface area contributed by atoms with E-state index in [1.165, 1.54) is 4.90 Å². The first-order chi connectivity index (χ1) is 21.6. The normalized spacial score (nSPS) is 41.4. The van der Waals surface area contributed by atoms with E-state index in [9.17, 15) is 53.7 Å². The Kier molecular flexibility index (Phi) is 7.72. The molecule has 0 aromatic heterocycles. The molecule has 266 valence electrons. The zero-order chi connectivity index (χ0) is 34.3. The van der Waals surface area contributed by atoms with Gasteiger partial charge in [0.25, 0.3) is 11.2 Å². The number of fused-ring (bicyclic) bond motifs is 1. The molecule has 8 atom stereocenters. The predicted octanol–water partition coefficient (Wildman–Crippen LogP) is 2.93. The van der Waals surface area contributed by atoms with Gasteiger partial charge in [0.15, 0.2) is 5.79 Å². The molecule has 4 heterocycles. The number of esters is 2. The maximum atomic E-state index is 14.2. The second-order valence-corrected chi connectivity index (χ2v) is 17.0. The summed E-state index contributed by atoms with van der Waals surface area (Å²) in [6.45, 7) is -0.347. The molecule has 8 aliphatic rings. The van der Waals surface area contributed by atoms with E-state index in [0.717, 1.165) is 11.8 Å². The molecule has 48 heavy (non-hydrogen) atoms. The summed E-state index contributed by atoms with van der Waals surface area (Å²) in [5, 5.41) is -6.56. The van der Waals surface area contributed by atoms with E-state index in [0.29, 0.717) is 19.3 Å². The molecule has 4 aliphatic heterocycles. The van der Waals surface area contributed by atoms with Crippen molar-refractivity contribution in [3.8, 4) is 0 Å². The number of likely N-dealkylation sites (tertiary alicyclic amines) is 1. The van der Waals surface area contributed by atoms with Crippen molar-refractivity contribution < 1.29 is 72.6 Å². The molecule has 8 unspecified atom stereocenters. The van der Waals surface area contributed by atoms with Crippen LogP contribution in [0.5, 0.6) is 0 Å². The largest absolute Gasteiger partial charge is 0.746 e. The minimum Gasteiger partial charge on any atom is -0.746 e. The number of thioether (sulfide) groups is 1. The summed E-state index contributed by atoms with van der Waals surface area (Å²) >= 11 is 1.15. The summed E-state index contributed by atoms with van der Waals surface area (Å²) in [6, 6.07) is -1.10. The van der Waals surface area contributed by atoms with Gasteiger partial charge in [0, 0.05) is 23.1 Å². The fraction of sp³-hybridized carbons (Fsp3) is 0.857. The summed E-state index contributed by atoms with van der Waals surface area (Å²) in [7, 11) is -6.20. The Bertz CT molecular complexity index is 1470. The first-order valence-corrected chi connectivity index (χ1v) is 17.6. The smallest absolute Gasteiger partial charge is 0.335 e. The van der Waals surface area contributed by atoms with Crippen molar-refractivity contribution in [3.05, 3.63) is 6.61 Å². The SMILES string of the molecule is CC(C)N1C(=O)C2C3SC(C(OC(=O)C45CC6CC(C4)C4(OCC(F)(F)C(F)(F)CO4)C(C6)C5)C31)C2C(=O)O[CH-]C(F)(F)S(=O)(=O)[O-].[Rf]. The van der Waals surface area contributed by atoms with Gasteiger partial charge in [0.1, 0.15) is 29.4 Å². The van der Waals surface area contributed by atoms with Crippen LogP contribution < -0.4 is 0 Å². The van der Waals surface area contributed by atoms with Crippen molar-refractivity contribution in [2.24, 2.45) is 35.0 Å². The van der Waals surface area contributed by atoms with Crippen LogP contribution in [0, 0.1) is 41.6 Å². The van der Waals surface area contributed by atoms with E-state index < -0.39 is 128 Å². The third kappa shape index (κ3) is 4.67. The molecular formula is C28H31F6NO10RfS2-2. The molecule has 1 spiro atoms. The molecule has 0 aromatic rings. The Balaban J connectivity index is 0.00000401. The van der Waals surface area contributed by atoms with Crippen LogP contribution in [0.25, 0.3) is 0 Å². The number of carbonyl (C=O) groups is 3. The van der Waals surface area contributed by atoms with Crippen LogP contribution in [-0.2, 0) is 43.4 Å². The number of alkyl halides is 6. The average Bonchev–Trinajstić information content (AvgIpc) is 3.55. The topological polar surface area (TPSA) is 149 Å². The second kappa shape index (κ2) is 10.6. The van der Waals surface area contributed by atoms with Gasteiger partial charge in [-0.05, 0) is 51.9 Å². The van der Waals surface area contributed by atoms with Gasteiger partial charge in [-0.2, -0.15) is 17.6 Å². The van der Waals surface area contributed by atoms with Crippen LogP contribution in [0.4, 0.5) is 26.3 Å². The van der Waals surface area contributed by atoms with Gasteiger partial charge in [-0.3, -0.25) is 14.4 Å². The van der Waals surface area contributed by atoms with Crippen LogP contribution >= 0.6 is 11.8 Å². The molecule has 4 saturated carbocycles. The monoisotopic (exact) mass is 986 g/mol. The fourth-order valence-electron chi connectivity index (χ4n) is 9.48. The third-order valence-corrected chi connectivity index (χ3v) is 13.8. The van der Waals surface area contributed by atoms with Crippen molar-refractivity contribution in [1.29, 1.82) is 0 Å². The maximum Gasteiger partial charge on any atom is 0.335 e. The number of carbonyl (C=O) groups excluding carboxylic acids is 3. The molecule has 6 bridgehead atoms. The number of nitrogens with zero attached hydrogens (tertiary/aromatic N) is 1. The number of rotatable bonds is 7. The van der Waals surface area contributed by atoms with E-state index >= 15 is 0 Å². The van der Waals surface area contributed by atoms with E-state index in [-0.39, 0.29) is 18.8 Å². The van der Waals surface area contributed by atoms with Crippen molar-refractivity contribution in [2.45, 2.75) is 97.5 Å². The Labute approximate surface area is 269 Å². The van der Waals surface area contributed by atoms with Gasteiger partial charge >= 0.3 is 17.8 Å². The summed E-state index contributed by atoms with van der Waals surface area (Å²) in [5.41, 5.74) is -1.16. The van der Waals surface area contributed by atoms with Crippen LogP contribution in [0.15, 0.2) is 0 Å². The molecule has 0 radical (unpaired) electrons. The molecule has 20 heteroatoms. The Morgan fingerprint density at radius 2 is 1.60 bits per heavy atom. The number of hydrogen-bond acceptors (Lipinski definition) is 11.